The maximum absolute atomic E-state index is 12.4. The Kier molecular flexibility index (Phi) is 3.59. The van der Waals surface area contributed by atoms with Gasteiger partial charge in [0.05, 0.1) is 11.8 Å². The van der Waals surface area contributed by atoms with Crippen LogP contribution in [-0.2, 0) is 6.54 Å². The van der Waals surface area contributed by atoms with Crippen LogP contribution in [0.2, 0.25) is 0 Å². The molecule has 2 N–H and O–H groups in total. The molecule has 0 aliphatic carbocycles. The SMILES string of the molecule is O=C(NCc1cncc(-c2ccco2)c1)c1c[nH]c2ccccc12. The van der Waals surface area contributed by atoms with Gasteiger partial charge >= 0.3 is 0 Å². The number of aromatic nitrogens is 2. The largest absolute Gasteiger partial charge is 0.464 e. The van der Waals surface area contributed by atoms with Crippen LogP contribution in [0.25, 0.3) is 22.2 Å². The summed E-state index contributed by atoms with van der Waals surface area (Å²) in [6, 6.07) is 13.4. The second-order valence-electron chi connectivity index (χ2n) is 5.49. The van der Waals surface area contributed by atoms with E-state index in [2.05, 4.69) is 15.3 Å². The third-order valence-electron chi connectivity index (χ3n) is 3.89. The molecule has 1 amide bonds. The molecule has 3 aromatic heterocycles. The smallest absolute Gasteiger partial charge is 0.253 e. The van der Waals surface area contributed by atoms with Gasteiger partial charge in [-0.3, -0.25) is 9.78 Å². The van der Waals surface area contributed by atoms with Gasteiger partial charge in [-0.1, -0.05) is 18.2 Å². The molecule has 0 radical (unpaired) electrons. The van der Waals surface area contributed by atoms with Crippen LogP contribution in [0.15, 0.2) is 71.7 Å². The fourth-order valence-electron chi connectivity index (χ4n) is 2.70. The third-order valence-corrected chi connectivity index (χ3v) is 3.89. The molecule has 4 rings (SSSR count). The number of H-pyrrole nitrogens is 1. The summed E-state index contributed by atoms with van der Waals surface area (Å²) >= 11 is 0. The number of benzene rings is 1. The number of nitrogens with one attached hydrogen (secondary N) is 2. The Morgan fingerprint density at radius 1 is 1.17 bits per heavy atom. The summed E-state index contributed by atoms with van der Waals surface area (Å²) in [5.41, 5.74) is 3.39. The minimum absolute atomic E-state index is 0.115. The Labute approximate surface area is 138 Å². The third kappa shape index (κ3) is 2.67. The van der Waals surface area contributed by atoms with Gasteiger partial charge < -0.3 is 14.7 Å². The van der Waals surface area contributed by atoms with Gasteiger partial charge in [0.1, 0.15) is 5.76 Å². The van der Waals surface area contributed by atoms with E-state index in [1.54, 1.807) is 24.9 Å². The molecular weight excluding hydrogens is 302 g/mol. The molecule has 5 nitrogen and oxygen atoms in total. The zero-order chi connectivity index (χ0) is 16.4. The highest BCUT2D eigenvalue weighted by Gasteiger charge is 2.11. The number of carbonyl (C=O) groups is 1. The minimum atomic E-state index is -0.115. The standard InChI is InChI=1S/C19H15N3O2/c23-19(16-12-21-17-5-2-1-4-15(16)17)22-10-13-8-14(11-20-9-13)18-6-3-7-24-18/h1-9,11-12,21H,10H2,(H,22,23). The first-order chi connectivity index (χ1) is 11.8. The molecule has 0 saturated heterocycles. The number of nitrogens with zero attached hydrogens (tertiary/aromatic N) is 1. The number of hydrogen-bond donors (Lipinski definition) is 2. The number of furan rings is 1. The molecule has 3 heterocycles. The van der Waals surface area contributed by atoms with E-state index < -0.39 is 0 Å². The number of fused-ring (bicyclic) bond motifs is 1. The molecule has 0 aliphatic heterocycles. The first-order valence-corrected chi connectivity index (χ1v) is 7.63. The van der Waals surface area contributed by atoms with Crippen LogP contribution in [0.1, 0.15) is 15.9 Å². The van der Waals surface area contributed by atoms with E-state index >= 15 is 0 Å². The van der Waals surface area contributed by atoms with E-state index in [1.165, 1.54) is 0 Å². The topological polar surface area (TPSA) is 70.9 Å². The zero-order valence-electron chi connectivity index (χ0n) is 12.8. The van der Waals surface area contributed by atoms with Crippen molar-refractivity contribution in [2.75, 3.05) is 0 Å². The van der Waals surface area contributed by atoms with Gasteiger partial charge in [0.15, 0.2) is 0 Å². The number of aromatic amines is 1. The molecular formula is C19H15N3O2. The van der Waals surface area contributed by atoms with Crippen LogP contribution in [0.3, 0.4) is 0 Å². The van der Waals surface area contributed by atoms with E-state index in [4.69, 9.17) is 4.42 Å². The molecule has 0 spiro atoms. The van der Waals surface area contributed by atoms with E-state index in [0.29, 0.717) is 12.1 Å². The van der Waals surface area contributed by atoms with Crippen LogP contribution in [0, 0.1) is 0 Å². The highest BCUT2D eigenvalue weighted by molar-refractivity contribution is 6.06. The normalized spacial score (nSPS) is 10.8. The van der Waals surface area contributed by atoms with E-state index in [0.717, 1.165) is 27.8 Å². The Morgan fingerprint density at radius 3 is 2.96 bits per heavy atom. The predicted octanol–water partition coefficient (Wildman–Crippen LogP) is 3.75. The fraction of sp³-hybridized carbons (Fsp3) is 0.0526. The van der Waals surface area contributed by atoms with Crippen molar-refractivity contribution in [3.63, 3.8) is 0 Å². The maximum atomic E-state index is 12.4. The van der Waals surface area contributed by atoms with Gasteiger partial charge in [-0.15, -0.1) is 0 Å². The summed E-state index contributed by atoms with van der Waals surface area (Å²) in [6.07, 6.45) is 6.84. The van der Waals surface area contributed by atoms with Gasteiger partial charge in [-0.05, 0) is 29.8 Å². The van der Waals surface area contributed by atoms with Gasteiger partial charge in [0, 0.05) is 41.6 Å². The molecule has 0 atom stereocenters. The van der Waals surface area contributed by atoms with Crippen molar-refractivity contribution in [2.45, 2.75) is 6.54 Å². The van der Waals surface area contributed by atoms with Gasteiger partial charge in [0.2, 0.25) is 0 Å². The highest BCUT2D eigenvalue weighted by atomic mass is 16.3. The summed E-state index contributed by atoms with van der Waals surface area (Å²) in [5, 5.41) is 3.85. The molecule has 0 bridgehead atoms. The first-order valence-electron chi connectivity index (χ1n) is 7.63. The molecule has 1 aromatic carbocycles. The van der Waals surface area contributed by atoms with Crippen LogP contribution >= 0.6 is 0 Å². The fourth-order valence-corrected chi connectivity index (χ4v) is 2.70. The predicted molar refractivity (Wildman–Crippen MR) is 91.4 cm³/mol. The molecule has 0 aliphatic rings. The van der Waals surface area contributed by atoms with Crippen LogP contribution in [0.5, 0.6) is 0 Å². The average molecular weight is 317 g/mol. The van der Waals surface area contributed by atoms with E-state index in [-0.39, 0.29) is 5.91 Å². The van der Waals surface area contributed by atoms with Crippen LogP contribution < -0.4 is 5.32 Å². The highest BCUT2D eigenvalue weighted by Crippen LogP contribution is 2.20. The molecule has 0 saturated carbocycles. The van der Waals surface area contributed by atoms with Crippen LogP contribution in [-0.4, -0.2) is 15.9 Å². The van der Waals surface area contributed by atoms with Gasteiger partial charge in [-0.25, -0.2) is 0 Å². The quantitative estimate of drug-likeness (QED) is 0.602. The maximum Gasteiger partial charge on any atom is 0.253 e. The van der Waals surface area contributed by atoms with Crippen molar-refractivity contribution in [1.29, 1.82) is 0 Å². The van der Waals surface area contributed by atoms with E-state index in [1.807, 2.05) is 42.5 Å². The monoisotopic (exact) mass is 317 g/mol. The number of hydrogen-bond acceptors (Lipinski definition) is 3. The molecule has 5 heteroatoms. The van der Waals surface area contributed by atoms with E-state index in [9.17, 15) is 4.79 Å². The first kappa shape index (κ1) is 14.3. The summed E-state index contributed by atoms with van der Waals surface area (Å²) < 4.78 is 5.38. The molecule has 118 valence electrons. The Morgan fingerprint density at radius 2 is 2.08 bits per heavy atom. The number of carbonyl (C=O) groups excluding carboxylic acids is 1. The van der Waals surface area contributed by atoms with Gasteiger partial charge in [-0.2, -0.15) is 0 Å². The molecule has 4 aromatic rings. The lowest BCUT2D eigenvalue weighted by atomic mass is 10.1. The van der Waals surface area contributed by atoms with Gasteiger partial charge in [0.25, 0.3) is 5.91 Å². The van der Waals surface area contributed by atoms with Crippen molar-refractivity contribution in [3.8, 4) is 11.3 Å². The summed E-state index contributed by atoms with van der Waals surface area (Å²) in [7, 11) is 0. The second kappa shape index (κ2) is 6.04. The van der Waals surface area contributed by atoms with Crippen molar-refractivity contribution < 1.29 is 9.21 Å². The summed E-state index contributed by atoms with van der Waals surface area (Å²) in [5.74, 6) is 0.642. The molecule has 0 unspecified atom stereocenters. The molecule has 0 fully saturated rings. The lowest BCUT2D eigenvalue weighted by Gasteiger charge is -2.06. The summed E-state index contributed by atoms with van der Waals surface area (Å²) in [6.45, 7) is 0.403. The zero-order valence-corrected chi connectivity index (χ0v) is 12.8. The number of para-hydroxylation sites is 1. The average Bonchev–Trinajstić information content (AvgIpc) is 3.29. The van der Waals surface area contributed by atoms with Crippen molar-refractivity contribution in [3.05, 3.63) is 78.4 Å². The van der Waals surface area contributed by atoms with Crippen LogP contribution in [0.4, 0.5) is 0 Å². The Balaban J connectivity index is 1.51. The Bertz CT molecular complexity index is 987. The lowest BCUT2D eigenvalue weighted by Crippen LogP contribution is -2.22. The molecule has 24 heavy (non-hydrogen) atoms. The van der Waals surface area contributed by atoms with Crippen molar-refractivity contribution >= 4 is 16.8 Å². The van der Waals surface area contributed by atoms with Crippen molar-refractivity contribution in [1.82, 2.24) is 15.3 Å². The lowest BCUT2D eigenvalue weighted by molar-refractivity contribution is 0.0952. The number of amides is 1. The Hall–Kier alpha value is -3.34. The summed E-state index contributed by atoms with van der Waals surface area (Å²) in [4.78, 5) is 19.8. The minimum Gasteiger partial charge on any atom is -0.464 e. The number of rotatable bonds is 4. The van der Waals surface area contributed by atoms with Crippen molar-refractivity contribution in [2.24, 2.45) is 0 Å². The number of pyridine rings is 1. The second-order valence-corrected chi connectivity index (χ2v) is 5.49.